The van der Waals surface area contributed by atoms with Gasteiger partial charge in [-0.1, -0.05) is 36.4 Å². The van der Waals surface area contributed by atoms with Crippen molar-refractivity contribution in [1.82, 2.24) is 0 Å². The third kappa shape index (κ3) is 5.12. The van der Waals surface area contributed by atoms with Crippen LogP contribution in [0.5, 0.6) is 0 Å². The van der Waals surface area contributed by atoms with Crippen LogP contribution in [0.1, 0.15) is 13.8 Å². The van der Waals surface area contributed by atoms with Crippen LogP contribution in [-0.2, 0) is 26.2 Å². The summed E-state index contributed by atoms with van der Waals surface area (Å²) in [7, 11) is 0. The fourth-order valence-electron chi connectivity index (χ4n) is 3.59. The molecule has 1 atom stereocenters. The Labute approximate surface area is 199 Å². The molecule has 1 radical (unpaired) electrons. The second-order valence-electron chi connectivity index (χ2n) is 6.64. The number of anilines is 1. The van der Waals surface area contributed by atoms with Gasteiger partial charge in [-0.2, -0.15) is 17.5 Å². The molecule has 0 bridgehead atoms. The molecular weight excluding hydrogens is 464 g/mol. The summed E-state index contributed by atoms with van der Waals surface area (Å²) < 4.78 is 0. The zero-order valence-corrected chi connectivity index (χ0v) is 19.9. The average Bonchev–Trinajstić information content (AvgIpc) is 3.30. The summed E-state index contributed by atoms with van der Waals surface area (Å²) in [5.74, 6) is 0. The van der Waals surface area contributed by atoms with E-state index in [4.69, 9.17) is 0 Å². The predicted molar refractivity (Wildman–Crippen MR) is 108 cm³/mol. The molecule has 1 heterocycles. The molecular formula is C24H22Cl2NZr. The third-order valence-corrected chi connectivity index (χ3v) is 4.71. The topological polar surface area (TPSA) is 3.24 Å². The zero-order valence-electron chi connectivity index (χ0n) is 15.9. The molecule has 3 aromatic carbocycles. The molecule has 0 aromatic heterocycles. The molecule has 141 valence electrons. The molecule has 0 saturated heterocycles. The van der Waals surface area contributed by atoms with Gasteiger partial charge in [-0.3, -0.25) is 0 Å². The maximum atomic E-state index is 2.39. The minimum Gasteiger partial charge on any atom is -1.00 e. The van der Waals surface area contributed by atoms with Crippen LogP contribution in [0.15, 0.2) is 108 Å². The number of fused-ring (bicyclic) bond motifs is 2. The summed E-state index contributed by atoms with van der Waals surface area (Å²) in [6, 6.07) is 25.7. The van der Waals surface area contributed by atoms with Crippen molar-refractivity contribution in [3.05, 3.63) is 108 Å². The van der Waals surface area contributed by atoms with Gasteiger partial charge >= 0.3 is 26.2 Å². The standard InChI is InChI=1S/C15H15N.C9H7.2ClH.Zr/c1-11-8-13-10-12(2)16(15(13)9-11)14-6-4-3-5-7-14;1-2-5-9-7-3-6-8(9)4-1;;;/h3-10,12H,1-2H3;1-7H;2*1H;/q;-1;;;+3/p-2. The van der Waals surface area contributed by atoms with Crippen LogP contribution in [0, 0.1) is 0 Å². The van der Waals surface area contributed by atoms with E-state index in [1.165, 1.54) is 33.3 Å². The van der Waals surface area contributed by atoms with E-state index >= 15 is 0 Å². The number of hydrogen-bond acceptors (Lipinski definition) is 1. The second kappa shape index (κ2) is 10.9. The van der Waals surface area contributed by atoms with Gasteiger partial charge in [0, 0.05) is 11.4 Å². The fourth-order valence-corrected chi connectivity index (χ4v) is 3.59. The zero-order chi connectivity index (χ0) is 17.2. The molecule has 0 amide bonds. The Balaban J connectivity index is 0.000000284. The Bertz CT molecular complexity index is 956. The largest absolute Gasteiger partial charge is 3.00 e. The van der Waals surface area contributed by atoms with Crippen molar-refractivity contribution < 1.29 is 51.0 Å². The van der Waals surface area contributed by atoms with Crippen LogP contribution in [0.3, 0.4) is 0 Å². The van der Waals surface area contributed by atoms with Crippen molar-refractivity contribution in [3.63, 3.8) is 0 Å². The molecule has 1 nitrogen and oxygen atoms in total. The molecule has 0 saturated carbocycles. The van der Waals surface area contributed by atoms with E-state index in [9.17, 15) is 0 Å². The monoisotopic (exact) mass is 484 g/mol. The average molecular weight is 487 g/mol. The molecule has 5 rings (SSSR count). The molecule has 4 heteroatoms. The van der Waals surface area contributed by atoms with Crippen LogP contribution >= 0.6 is 0 Å². The van der Waals surface area contributed by atoms with E-state index in [2.05, 4.69) is 110 Å². The first-order valence-electron chi connectivity index (χ1n) is 8.79. The first-order chi connectivity index (χ1) is 12.2. The number of benzene rings is 2. The van der Waals surface area contributed by atoms with Gasteiger partial charge < -0.3 is 29.7 Å². The van der Waals surface area contributed by atoms with E-state index in [1.807, 2.05) is 0 Å². The summed E-state index contributed by atoms with van der Waals surface area (Å²) in [5.41, 5.74) is 5.33. The van der Waals surface area contributed by atoms with Gasteiger partial charge in [0.25, 0.3) is 0 Å². The van der Waals surface area contributed by atoms with Gasteiger partial charge in [-0.25, -0.2) is 0 Å². The number of nitrogens with zero attached hydrogens (tertiary/aromatic N) is 1. The molecule has 0 fully saturated rings. The third-order valence-electron chi connectivity index (χ3n) is 4.71. The predicted octanol–water partition coefficient (Wildman–Crippen LogP) is 0.230. The number of hydrogen-bond donors (Lipinski definition) is 0. The summed E-state index contributed by atoms with van der Waals surface area (Å²) in [6.45, 7) is 4.39. The van der Waals surface area contributed by atoms with Crippen molar-refractivity contribution in [2.45, 2.75) is 19.9 Å². The molecule has 1 aliphatic heterocycles. The number of allylic oxidation sites excluding steroid dienone is 3. The SMILES string of the molecule is CC1=CC2=CC(C)N(c3ccccc3)C2=C1.[Cl-].[Cl-].[Zr+3].c1ccc2[cH-]ccc2c1. The van der Waals surface area contributed by atoms with Crippen LogP contribution in [-0.4, -0.2) is 6.04 Å². The van der Waals surface area contributed by atoms with Crippen molar-refractivity contribution in [1.29, 1.82) is 0 Å². The Hall–Kier alpha value is -1.47. The summed E-state index contributed by atoms with van der Waals surface area (Å²) >= 11 is 0. The van der Waals surface area contributed by atoms with Crippen LogP contribution in [0.4, 0.5) is 5.69 Å². The Morgan fingerprint density at radius 1 is 0.857 bits per heavy atom. The van der Waals surface area contributed by atoms with E-state index in [0.717, 1.165) is 0 Å². The molecule has 28 heavy (non-hydrogen) atoms. The maximum Gasteiger partial charge on any atom is 3.00 e. The molecule has 0 spiro atoms. The quantitative estimate of drug-likeness (QED) is 0.446. The Morgan fingerprint density at radius 3 is 2.25 bits per heavy atom. The Kier molecular flexibility index (Phi) is 9.57. The fraction of sp³-hybridized carbons (Fsp3) is 0.125. The van der Waals surface area contributed by atoms with Crippen molar-refractivity contribution >= 4 is 16.5 Å². The first kappa shape index (κ1) is 24.6. The van der Waals surface area contributed by atoms with Crippen LogP contribution in [0.25, 0.3) is 10.8 Å². The van der Waals surface area contributed by atoms with Crippen LogP contribution in [0.2, 0.25) is 0 Å². The van der Waals surface area contributed by atoms with Gasteiger partial charge in [-0.15, -0.1) is 29.7 Å². The summed E-state index contributed by atoms with van der Waals surface area (Å²) in [4.78, 5) is 2.39. The number of para-hydroxylation sites is 1. The molecule has 1 aliphatic carbocycles. The summed E-state index contributed by atoms with van der Waals surface area (Å²) in [5, 5.41) is 2.66. The van der Waals surface area contributed by atoms with E-state index in [1.54, 1.807) is 0 Å². The number of rotatable bonds is 1. The minimum atomic E-state index is 0. The van der Waals surface area contributed by atoms with Gasteiger partial charge in [0.15, 0.2) is 0 Å². The molecule has 2 aliphatic rings. The second-order valence-corrected chi connectivity index (χ2v) is 6.64. The van der Waals surface area contributed by atoms with Crippen molar-refractivity contribution in [2.75, 3.05) is 4.90 Å². The van der Waals surface area contributed by atoms with E-state index in [-0.39, 0.29) is 51.0 Å². The van der Waals surface area contributed by atoms with Crippen LogP contribution < -0.4 is 29.7 Å². The maximum absolute atomic E-state index is 2.39. The summed E-state index contributed by atoms with van der Waals surface area (Å²) in [6.07, 6.45) is 6.85. The normalized spacial score (nSPS) is 16.3. The van der Waals surface area contributed by atoms with E-state index in [0.29, 0.717) is 6.04 Å². The van der Waals surface area contributed by atoms with Crippen molar-refractivity contribution in [3.8, 4) is 0 Å². The molecule has 1 unspecified atom stereocenters. The van der Waals surface area contributed by atoms with Gasteiger partial charge in [-0.05, 0) is 43.2 Å². The van der Waals surface area contributed by atoms with Crippen molar-refractivity contribution in [2.24, 2.45) is 0 Å². The smallest absolute Gasteiger partial charge is 1.00 e. The number of halogens is 2. The van der Waals surface area contributed by atoms with Gasteiger partial charge in [0.2, 0.25) is 0 Å². The molecule has 3 aromatic rings. The molecule has 0 N–H and O–H groups in total. The van der Waals surface area contributed by atoms with Gasteiger partial charge in [0.05, 0.1) is 6.04 Å². The van der Waals surface area contributed by atoms with E-state index < -0.39 is 0 Å². The Morgan fingerprint density at radius 2 is 1.54 bits per heavy atom. The minimum absolute atomic E-state index is 0. The van der Waals surface area contributed by atoms with Gasteiger partial charge in [0.1, 0.15) is 0 Å². The first-order valence-corrected chi connectivity index (χ1v) is 8.79.